The summed E-state index contributed by atoms with van der Waals surface area (Å²) in [6, 6.07) is 12.2. The Hall–Kier alpha value is -1.47. The highest BCUT2D eigenvalue weighted by molar-refractivity contribution is 7.89. The molecule has 0 atom stereocenters. The lowest BCUT2D eigenvalue weighted by molar-refractivity contribution is 0.374. The molecule has 3 rings (SSSR count). The van der Waals surface area contributed by atoms with Gasteiger partial charge in [-0.15, -0.1) is 0 Å². The van der Waals surface area contributed by atoms with Crippen molar-refractivity contribution >= 4 is 38.9 Å². The van der Waals surface area contributed by atoms with Crippen molar-refractivity contribution in [2.45, 2.75) is 4.90 Å². The van der Waals surface area contributed by atoms with Gasteiger partial charge in [-0.25, -0.2) is 8.42 Å². The first-order valence-corrected chi connectivity index (χ1v) is 9.96. The van der Waals surface area contributed by atoms with Crippen LogP contribution in [0.25, 0.3) is 0 Å². The van der Waals surface area contributed by atoms with Crippen molar-refractivity contribution in [2.24, 2.45) is 0 Å². The molecule has 0 aromatic heterocycles. The number of para-hydroxylation sites is 1. The third kappa shape index (κ3) is 3.72. The van der Waals surface area contributed by atoms with E-state index in [1.807, 2.05) is 24.3 Å². The molecule has 8 heteroatoms. The fourth-order valence-electron chi connectivity index (χ4n) is 2.87. The van der Waals surface area contributed by atoms with Gasteiger partial charge in [-0.2, -0.15) is 4.31 Å². The molecule has 134 valence electrons. The van der Waals surface area contributed by atoms with Gasteiger partial charge < -0.3 is 9.64 Å². The minimum absolute atomic E-state index is 0.0914. The highest BCUT2D eigenvalue weighted by Gasteiger charge is 2.31. The molecule has 0 radical (unpaired) electrons. The molecule has 1 aliphatic rings. The smallest absolute Gasteiger partial charge is 0.246 e. The number of halogens is 2. The highest BCUT2D eigenvalue weighted by atomic mass is 35.5. The summed E-state index contributed by atoms with van der Waals surface area (Å²) in [6.07, 6.45) is 0. The Morgan fingerprint density at radius 2 is 1.68 bits per heavy atom. The van der Waals surface area contributed by atoms with Crippen LogP contribution < -0.4 is 9.64 Å². The van der Waals surface area contributed by atoms with Crippen molar-refractivity contribution in [3.63, 3.8) is 0 Å². The number of rotatable bonds is 4. The van der Waals surface area contributed by atoms with E-state index >= 15 is 0 Å². The molecular formula is C17H18Cl2N2O3S. The molecule has 0 amide bonds. The Balaban J connectivity index is 1.81. The first-order chi connectivity index (χ1) is 11.9. The average molecular weight is 401 g/mol. The van der Waals surface area contributed by atoms with E-state index in [9.17, 15) is 8.42 Å². The van der Waals surface area contributed by atoms with Gasteiger partial charge in [-0.1, -0.05) is 35.3 Å². The maximum absolute atomic E-state index is 13.0. The molecule has 25 heavy (non-hydrogen) atoms. The summed E-state index contributed by atoms with van der Waals surface area (Å²) in [5.74, 6) is 0.290. The van der Waals surface area contributed by atoms with Gasteiger partial charge in [-0.3, -0.25) is 0 Å². The second-order valence-corrected chi connectivity index (χ2v) is 8.39. The van der Waals surface area contributed by atoms with E-state index in [4.69, 9.17) is 27.9 Å². The number of ether oxygens (including phenoxy) is 1. The summed E-state index contributed by atoms with van der Waals surface area (Å²) in [5.41, 5.74) is 0.918. The van der Waals surface area contributed by atoms with Gasteiger partial charge in [0, 0.05) is 31.2 Å². The van der Waals surface area contributed by atoms with Crippen molar-refractivity contribution in [2.75, 3.05) is 38.2 Å². The fourth-order valence-corrected chi connectivity index (χ4v) is 4.96. The number of sulfonamides is 1. The molecule has 0 aliphatic carbocycles. The minimum Gasteiger partial charge on any atom is -0.495 e. The van der Waals surface area contributed by atoms with Crippen molar-refractivity contribution in [1.82, 2.24) is 4.31 Å². The Labute approximate surface area is 157 Å². The number of methoxy groups -OCH3 is 1. The molecule has 1 heterocycles. The molecule has 2 aromatic carbocycles. The van der Waals surface area contributed by atoms with E-state index in [1.165, 1.54) is 17.5 Å². The summed E-state index contributed by atoms with van der Waals surface area (Å²) < 4.78 is 32.6. The molecule has 1 aliphatic heterocycles. The number of hydrogen-bond donors (Lipinski definition) is 0. The monoisotopic (exact) mass is 400 g/mol. The lowest BCUT2D eigenvalue weighted by atomic mass is 10.2. The number of piperazine rings is 1. The SMILES string of the molecule is COc1ccc(Cl)cc1S(=O)(=O)N1CCN(c2ccccc2Cl)CC1. The molecule has 0 spiro atoms. The maximum Gasteiger partial charge on any atom is 0.246 e. The van der Waals surface area contributed by atoms with Crippen molar-refractivity contribution in [3.05, 3.63) is 52.5 Å². The molecule has 1 fully saturated rings. The van der Waals surface area contributed by atoms with Crippen LogP contribution in [0.2, 0.25) is 10.0 Å². The zero-order chi connectivity index (χ0) is 18.0. The van der Waals surface area contributed by atoms with Gasteiger partial charge in [-0.05, 0) is 30.3 Å². The molecule has 0 unspecified atom stereocenters. The van der Waals surface area contributed by atoms with E-state index in [1.54, 1.807) is 12.1 Å². The maximum atomic E-state index is 13.0. The van der Waals surface area contributed by atoms with Crippen molar-refractivity contribution in [3.8, 4) is 5.75 Å². The molecule has 0 bridgehead atoms. The zero-order valence-corrected chi connectivity index (χ0v) is 16.0. The predicted octanol–water partition coefficient (Wildman–Crippen LogP) is 3.51. The molecule has 0 N–H and O–H groups in total. The molecule has 2 aromatic rings. The van der Waals surface area contributed by atoms with Crippen LogP contribution in [-0.2, 0) is 10.0 Å². The lowest BCUT2D eigenvalue weighted by Gasteiger charge is -2.35. The van der Waals surface area contributed by atoms with E-state index in [-0.39, 0.29) is 10.6 Å². The summed E-state index contributed by atoms with van der Waals surface area (Å²) in [4.78, 5) is 2.18. The Kier molecular flexibility index (Phi) is 5.43. The Bertz CT molecular complexity index is 866. The molecular weight excluding hydrogens is 383 g/mol. The second kappa shape index (κ2) is 7.41. The molecule has 5 nitrogen and oxygen atoms in total. The first-order valence-electron chi connectivity index (χ1n) is 7.76. The minimum atomic E-state index is -3.68. The van der Waals surface area contributed by atoms with Gasteiger partial charge in [0.2, 0.25) is 10.0 Å². The summed E-state index contributed by atoms with van der Waals surface area (Å²) in [5, 5.41) is 1.02. The molecule has 1 saturated heterocycles. The highest BCUT2D eigenvalue weighted by Crippen LogP contribution is 2.31. The van der Waals surface area contributed by atoms with E-state index in [0.29, 0.717) is 36.2 Å². The Morgan fingerprint density at radius 1 is 1.00 bits per heavy atom. The van der Waals surface area contributed by atoms with Crippen LogP contribution in [-0.4, -0.2) is 46.0 Å². The number of benzene rings is 2. The van der Waals surface area contributed by atoms with Crippen LogP contribution in [0.5, 0.6) is 5.75 Å². The van der Waals surface area contributed by atoms with Crippen molar-refractivity contribution in [1.29, 1.82) is 0 Å². The van der Waals surface area contributed by atoms with E-state index < -0.39 is 10.0 Å². The summed E-state index contributed by atoms with van der Waals surface area (Å²) >= 11 is 12.2. The number of nitrogens with zero attached hydrogens (tertiary/aromatic N) is 2. The normalized spacial score (nSPS) is 16.0. The van der Waals surface area contributed by atoms with E-state index in [2.05, 4.69) is 4.90 Å². The van der Waals surface area contributed by atoms with Crippen molar-refractivity contribution < 1.29 is 13.2 Å². The van der Waals surface area contributed by atoms with Gasteiger partial charge in [0.25, 0.3) is 0 Å². The summed E-state index contributed by atoms with van der Waals surface area (Å²) in [6.45, 7) is 1.85. The Morgan fingerprint density at radius 3 is 2.32 bits per heavy atom. The fraction of sp³-hybridized carbons (Fsp3) is 0.294. The third-order valence-electron chi connectivity index (χ3n) is 4.18. The van der Waals surface area contributed by atoms with Gasteiger partial charge in [0.05, 0.1) is 17.8 Å². The third-order valence-corrected chi connectivity index (χ3v) is 6.65. The van der Waals surface area contributed by atoms with E-state index in [0.717, 1.165) is 5.69 Å². The largest absolute Gasteiger partial charge is 0.495 e. The van der Waals surface area contributed by atoms with Crippen LogP contribution in [0.4, 0.5) is 5.69 Å². The average Bonchev–Trinajstić information content (AvgIpc) is 2.62. The first kappa shape index (κ1) is 18.3. The van der Waals surface area contributed by atoms with Crippen LogP contribution in [0.15, 0.2) is 47.4 Å². The number of hydrogen-bond acceptors (Lipinski definition) is 4. The van der Waals surface area contributed by atoms with Crippen LogP contribution in [0.1, 0.15) is 0 Å². The lowest BCUT2D eigenvalue weighted by Crippen LogP contribution is -2.48. The zero-order valence-electron chi connectivity index (χ0n) is 13.7. The van der Waals surface area contributed by atoms with Gasteiger partial charge >= 0.3 is 0 Å². The quantitative estimate of drug-likeness (QED) is 0.787. The van der Waals surface area contributed by atoms with Gasteiger partial charge in [0.1, 0.15) is 10.6 Å². The van der Waals surface area contributed by atoms with Gasteiger partial charge in [0.15, 0.2) is 0 Å². The topological polar surface area (TPSA) is 49.9 Å². The standard InChI is InChI=1S/C17H18Cl2N2O3S/c1-24-16-7-6-13(18)12-17(16)25(22,23)21-10-8-20(9-11-21)15-5-3-2-4-14(15)19/h2-7,12H,8-11H2,1H3. The van der Waals surface area contributed by atoms with Crippen LogP contribution in [0, 0.1) is 0 Å². The van der Waals surface area contributed by atoms with Crippen LogP contribution in [0.3, 0.4) is 0 Å². The number of anilines is 1. The molecule has 0 saturated carbocycles. The van der Waals surface area contributed by atoms with Crippen LogP contribution >= 0.6 is 23.2 Å². The predicted molar refractivity (Wildman–Crippen MR) is 100 cm³/mol. The summed E-state index contributed by atoms with van der Waals surface area (Å²) in [7, 11) is -2.24. The second-order valence-electron chi connectivity index (χ2n) is 5.64.